The smallest absolute Gasteiger partial charge is 0.225 e. The number of amides is 2. The molecule has 2 aromatic rings. The second-order valence-corrected chi connectivity index (χ2v) is 7.02. The standard InChI is InChI=1S/C18H25N5O3/c1-11(2)18(25)22-5-6-23-15(10-22)7-14(20-23)9-19-17(24)8-16-12(3)21-26-13(16)4/h7,11H,5-6,8-10H2,1-4H3,(H,19,24). The Morgan fingerprint density at radius 3 is 2.73 bits per heavy atom. The molecule has 0 unspecified atom stereocenters. The van der Waals surface area contributed by atoms with Crippen LogP contribution in [0.25, 0.3) is 0 Å². The van der Waals surface area contributed by atoms with Gasteiger partial charge in [0.05, 0.1) is 43.1 Å². The number of fused-ring (bicyclic) bond motifs is 1. The van der Waals surface area contributed by atoms with E-state index < -0.39 is 0 Å². The molecular formula is C18H25N5O3. The molecule has 0 fully saturated rings. The SMILES string of the molecule is Cc1noc(C)c1CC(=O)NCc1cc2n(n1)CCN(C(=O)C(C)C)C2. The number of nitrogens with zero attached hydrogens (tertiary/aromatic N) is 4. The summed E-state index contributed by atoms with van der Waals surface area (Å²) < 4.78 is 7.00. The van der Waals surface area contributed by atoms with Crippen LogP contribution in [0.3, 0.4) is 0 Å². The largest absolute Gasteiger partial charge is 0.361 e. The highest BCUT2D eigenvalue weighted by Gasteiger charge is 2.24. The Balaban J connectivity index is 1.57. The molecule has 3 heterocycles. The average molecular weight is 359 g/mol. The maximum absolute atomic E-state index is 12.2. The van der Waals surface area contributed by atoms with Crippen molar-refractivity contribution in [3.05, 3.63) is 34.5 Å². The van der Waals surface area contributed by atoms with Gasteiger partial charge in [-0.25, -0.2) is 0 Å². The summed E-state index contributed by atoms with van der Waals surface area (Å²) in [4.78, 5) is 26.2. The monoisotopic (exact) mass is 359 g/mol. The molecule has 0 saturated heterocycles. The lowest BCUT2D eigenvalue weighted by Gasteiger charge is -2.29. The van der Waals surface area contributed by atoms with Gasteiger partial charge in [0, 0.05) is 18.0 Å². The molecule has 1 aliphatic heterocycles. The molecule has 1 N–H and O–H groups in total. The fourth-order valence-corrected chi connectivity index (χ4v) is 3.13. The second kappa shape index (κ2) is 7.31. The molecular weight excluding hydrogens is 334 g/mol. The zero-order chi connectivity index (χ0) is 18.8. The summed E-state index contributed by atoms with van der Waals surface area (Å²) in [5.41, 5.74) is 3.37. The predicted octanol–water partition coefficient (Wildman–Crippen LogP) is 1.35. The van der Waals surface area contributed by atoms with E-state index in [2.05, 4.69) is 15.6 Å². The first-order chi connectivity index (χ1) is 12.3. The Morgan fingerprint density at radius 2 is 2.08 bits per heavy atom. The third-order valence-electron chi connectivity index (χ3n) is 4.64. The number of rotatable bonds is 5. The topological polar surface area (TPSA) is 93.3 Å². The molecule has 3 rings (SSSR count). The van der Waals surface area contributed by atoms with Crippen LogP contribution in [0.2, 0.25) is 0 Å². The van der Waals surface area contributed by atoms with E-state index in [1.807, 2.05) is 36.4 Å². The summed E-state index contributed by atoms with van der Waals surface area (Å²) in [5.74, 6) is 0.728. The van der Waals surface area contributed by atoms with E-state index in [1.165, 1.54) is 0 Å². The summed E-state index contributed by atoms with van der Waals surface area (Å²) >= 11 is 0. The van der Waals surface area contributed by atoms with Crippen LogP contribution in [-0.2, 0) is 35.6 Å². The molecule has 1 aliphatic rings. The summed E-state index contributed by atoms with van der Waals surface area (Å²) in [6.07, 6.45) is 0.241. The number of aromatic nitrogens is 3. The van der Waals surface area contributed by atoms with E-state index in [9.17, 15) is 9.59 Å². The van der Waals surface area contributed by atoms with E-state index in [-0.39, 0.29) is 24.2 Å². The van der Waals surface area contributed by atoms with Crippen LogP contribution < -0.4 is 5.32 Å². The molecule has 0 spiro atoms. The van der Waals surface area contributed by atoms with Crippen LogP contribution in [0.1, 0.15) is 42.3 Å². The first-order valence-electron chi connectivity index (χ1n) is 8.88. The summed E-state index contributed by atoms with van der Waals surface area (Å²) in [7, 11) is 0. The van der Waals surface area contributed by atoms with Gasteiger partial charge in [0.25, 0.3) is 0 Å². The highest BCUT2D eigenvalue weighted by atomic mass is 16.5. The number of carbonyl (C=O) groups excluding carboxylic acids is 2. The first kappa shape index (κ1) is 18.2. The van der Waals surface area contributed by atoms with Crippen LogP contribution in [0.15, 0.2) is 10.6 Å². The lowest BCUT2D eigenvalue weighted by Crippen LogP contribution is -2.40. The van der Waals surface area contributed by atoms with Gasteiger partial charge in [-0.1, -0.05) is 19.0 Å². The normalized spacial score (nSPS) is 13.8. The van der Waals surface area contributed by atoms with Gasteiger partial charge in [-0.15, -0.1) is 0 Å². The van der Waals surface area contributed by atoms with Crippen molar-refractivity contribution in [2.45, 2.75) is 53.8 Å². The van der Waals surface area contributed by atoms with Crippen molar-refractivity contribution in [3.63, 3.8) is 0 Å². The molecule has 0 radical (unpaired) electrons. The number of nitrogens with one attached hydrogen (secondary N) is 1. The lowest BCUT2D eigenvalue weighted by molar-refractivity contribution is -0.136. The van der Waals surface area contributed by atoms with Crippen LogP contribution in [-0.4, -0.2) is 38.2 Å². The highest BCUT2D eigenvalue weighted by molar-refractivity contribution is 5.79. The minimum absolute atomic E-state index is 0.00689. The second-order valence-electron chi connectivity index (χ2n) is 7.02. The number of carbonyl (C=O) groups is 2. The maximum Gasteiger partial charge on any atom is 0.225 e. The lowest BCUT2D eigenvalue weighted by atomic mass is 10.1. The van der Waals surface area contributed by atoms with E-state index in [0.717, 1.165) is 22.6 Å². The first-order valence-corrected chi connectivity index (χ1v) is 8.88. The van der Waals surface area contributed by atoms with Gasteiger partial charge in [-0.2, -0.15) is 5.10 Å². The number of aryl methyl sites for hydroxylation is 2. The van der Waals surface area contributed by atoms with Crippen molar-refractivity contribution in [3.8, 4) is 0 Å². The van der Waals surface area contributed by atoms with E-state index in [1.54, 1.807) is 6.92 Å². The summed E-state index contributed by atoms with van der Waals surface area (Å²) in [5, 5.41) is 11.3. The van der Waals surface area contributed by atoms with E-state index in [4.69, 9.17) is 4.52 Å². The van der Waals surface area contributed by atoms with Crippen molar-refractivity contribution >= 4 is 11.8 Å². The van der Waals surface area contributed by atoms with Crippen molar-refractivity contribution < 1.29 is 14.1 Å². The zero-order valence-corrected chi connectivity index (χ0v) is 15.7. The summed E-state index contributed by atoms with van der Waals surface area (Å²) in [6.45, 7) is 9.73. The molecule has 140 valence electrons. The van der Waals surface area contributed by atoms with Crippen molar-refractivity contribution in [1.82, 2.24) is 25.2 Å². The van der Waals surface area contributed by atoms with Crippen LogP contribution in [0.5, 0.6) is 0 Å². The molecule has 2 aromatic heterocycles. The Bertz CT molecular complexity index is 801. The predicted molar refractivity (Wildman–Crippen MR) is 94.0 cm³/mol. The van der Waals surface area contributed by atoms with Crippen molar-refractivity contribution in [2.75, 3.05) is 6.54 Å². The van der Waals surface area contributed by atoms with Crippen molar-refractivity contribution in [2.24, 2.45) is 5.92 Å². The molecule has 8 heteroatoms. The minimum atomic E-state index is -0.0954. The molecule has 0 atom stereocenters. The molecule has 0 aromatic carbocycles. The Labute approximate surface area is 152 Å². The molecule has 2 amide bonds. The average Bonchev–Trinajstić information content (AvgIpc) is 3.16. The van der Waals surface area contributed by atoms with Gasteiger partial charge in [0.2, 0.25) is 11.8 Å². The quantitative estimate of drug-likeness (QED) is 0.870. The summed E-state index contributed by atoms with van der Waals surface area (Å²) in [6, 6.07) is 1.95. The van der Waals surface area contributed by atoms with E-state index >= 15 is 0 Å². The van der Waals surface area contributed by atoms with Crippen LogP contribution in [0, 0.1) is 19.8 Å². The molecule has 0 aliphatic carbocycles. The van der Waals surface area contributed by atoms with E-state index in [0.29, 0.717) is 31.9 Å². The van der Waals surface area contributed by atoms with Gasteiger partial charge in [-0.3, -0.25) is 14.3 Å². The number of hydrogen-bond donors (Lipinski definition) is 1. The van der Waals surface area contributed by atoms with Gasteiger partial charge in [0.15, 0.2) is 0 Å². The Morgan fingerprint density at radius 1 is 1.31 bits per heavy atom. The van der Waals surface area contributed by atoms with Gasteiger partial charge < -0.3 is 14.7 Å². The maximum atomic E-state index is 12.2. The fraction of sp³-hybridized carbons (Fsp3) is 0.556. The molecule has 0 bridgehead atoms. The van der Waals surface area contributed by atoms with Crippen LogP contribution >= 0.6 is 0 Å². The minimum Gasteiger partial charge on any atom is -0.361 e. The fourth-order valence-electron chi connectivity index (χ4n) is 3.13. The van der Waals surface area contributed by atoms with Gasteiger partial charge in [0.1, 0.15) is 5.76 Å². The highest BCUT2D eigenvalue weighted by Crippen LogP contribution is 2.16. The van der Waals surface area contributed by atoms with Crippen molar-refractivity contribution in [1.29, 1.82) is 0 Å². The Hall–Kier alpha value is -2.64. The molecule has 0 saturated carbocycles. The third kappa shape index (κ3) is 3.79. The van der Waals surface area contributed by atoms with Crippen LogP contribution in [0.4, 0.5) is 0 Å². The molecule has 26 heavy (non-hydrogen) atoms. The van der Waals surface area contributed by atoms with Gasteiger partial charge >= 0.3 is 0 Å². The Kier molecular flexibility index (Phi) is 5.11. The third-order valence-corrected chi connectivity index (χ3v) is 4.64. The number of hydrogen-bond acceptors (Lipinski definition) is 5. The van der Waals surface area contributed by atoms with Gasteiger partial charge in [-0.05, 0) is 19.9 Å². The zero-order valence-electron chi connectivity index (χ0n) is 15.7. The molecule has 8 nitrogen and oxygen atoms in total.